The Balaban J connectivity index is 1.34. The lowest BCUT2D eigenvalue weighted by molar-refractivity contribution is -0.115. The predicted octanol–water partition coefficient (Wildman–Crippen LogP) is 6.16. The zero-order valence-electron chi connectivity index (χ0n) is 27.7. The summed E-state index contributed by atoms with van der Waals surface area (Å²) in [7, 11) is 3.58. The van der Waals surface area contributed by atoms with Gasteiger partial charge >= 0.3 is 0 Å². The second-order valence-corrected chi connectivity index (χ2v) is 12.3. The maximum absolute atomic E-state index is 14.0. The highest BCUT2D eigenvalue weighted by atomic mass is 19.1. The largest absolute Gasteiger partial charge is 0.497 e. The van der Waals surface area contributed by atoms with E-state index in [9.17, 15) is 19.1 Å². The summed E-state index contributed by atoms with van der Waals surface area (Å²) in [5.74, 6) is 0.642. The summed E-state index contributed by atoms with van der Waals surface area (Å²) in [6.45, 7) is 5.14. The fraction of sp³-hybridized carbons (Fsp3) is 0.316. The molecule has 5 rings (SSSR count). The number of rotatable bonds is 12. The van der Waals surface area contributed by atoms with Crippen LogP contribution in [-0.2, 0) is 17.8 Å². The van der Waals surface area contributed by atoms with E-state index in [1.165, 1.54) is 6.07 Å². The molecule has 10 heteroatoms. The molecule has 2 amide bonds. The van der Waals surface area contributed by atoms with Gasteiger partial charge in [-0.1, -0.05) is 49.4 Å². The number of carbonyl (C=O) groups is 2. The highest BCUT2D eigenvalue weighted by Gasteiger charge is 2.34. The van der Waals surface area contributed by atoms with Crippen LogP contribution in [0.3, 0.4) is 0 Å². The fourth-order valence-corrected chi connectivity index (χ4v) is 5.68. The van der Waals surface area contributed by atoms with Gasteiger partial charge in [-0.2, -0.15) is 0 Å². The lowest BCUT2D eigenvalue weighted by Gasteiger charge is -2.38. The molecule has 252 valence electrons. The molecule has 0 fully saturated rings. The number of aliphatic hydroxyl groups is 1. The summed E-state index contributed by atoms with van der Waals surface area (Å²) in [6, 6.07) is 25.8. The molecule has 4 aromatic rings. The smallest absolute Gasteiger partial charge is 0.258 e. The van der Waals surface area contributed by atoms with Crippen LogP contribution in [0, 0.1) is 11.7 Å². The van der Waals surface area contributed by atoms with Gasteiger partial charge in [-0.3, -0.25) is 14.5 Å². The van der Waals surface area contributed by atoms with Crippen molar-refractivity contribution in [2.24, 2.45) is 5.92 Å². The van der Waals surface area contributed by atoms with E-state index in [1.807, 2.05) is 57.3 Å². The van der Waals surface area contributed by atoms with Crippen LogP contribution >= 0.6 is 0 Å². The molecule has 0 saturated heterocycles. The molecule has 48 heavy (non-hydrogen) atoms. The van der Waals surface area contributed by atoms with Crippen molar-refractivity contribution in [2.75, 3.05) is 39.2 Å². The number of nitrogens with one attached hydrogen (secondary N) is 1. The van der Waals surface area contributed by atoms with Crippen molar-refractivity contribution < 1.29 is 33.3 Å². The molecule has 0 radical (unpaired) electrons. The SMILES string of the molecule is COc1ccc(CC(=O)Nc2cccc3c2O[C@H](CN(C)Cc2ccc(Oc4ccccc4F)cc2)[C@H](C)CN([C@@H](C)CO)C3=O)cc1. The Labute approximate surface area is 280 Å². The Morgan fingerprint density at radius 2 is 1.71 bits per heavy atom. The first kappa shape index (κ1) is 34.4. The molecular weight excluding hydrogens is 613 g/mol. The first-order valence-corrected chi connectivity index (χ1v) is 16.0. The number of para-hydroxylation sites is 2. The maximum atomic E-state index is 14.0. The van der Waals surface area contributed by atoms with Gasteiger partial charge in [0.25, 0.3) is 5.91 Å². The third kappa shape index (κ3) is 8.50. The Bertz CT molecular complexity index is 1700. The predicted molar refractivity (Wildman–Crippen MR) is 182 cm³/mol. The van der Waals surface area contributed by atoms with Crippen LogP contribution in [0.5, 0.6) is 23.0 Å². The average molecular weight is 656 g/mol. The number of halogens is 1. The van der Waals surface area contributed by atoms with E-state index in [2.05, 4.69) is 10.2 Å². The number of benzene rings is 4. The number of fused-ring (bicyclic) bond motifs is 1. The number of likely N-dealkylation sites (N-methyl/N-ethyl adjacent to an activating group) is 1. The van der Waals surface area contributed by atoms with Gasteiger partial charge in [0.1, 0.15) is 17.6 Å². The lowest BCUT2D eigenvalue weighted by Crippen LogP contribution is -2.49. The Morgan fingerprint density at radius 3 is 2.40 bits per heavy atom. The molecule has 0 bridgehead atoms. The van der Waals surface area contributed by atoms with Gasteiger partial charge in [-0.05, 0) is 73.6 Å². The lowest BCUT2D eigenvalue weighted by atomic mass is 9.98. The second-order valence-electron chi connectivity index (χ2n) is 12.3. The van der Waals surface area contributed by atoms with Gasteiger partial charge < -0.3 is 29.5 Å². The Morgan fingerprint density at radius 1 is 1.02 bits per heavy atom. The van der Waals surface area contributed by atoms with E-state index >= 15 is 0 Å². The highest BCUT2D eigenvalue weighted by molar-refractivity contribution is 6.02. The van der Waals surface area contributed by atoms with Crippen LogP contribution in [0.15, 0.2) is 91.0 Å². The Hall–Kier alpha value is -4.93. The number of amides is 2. The monoisotopic (exact) mass is 655 g/mol. The summed E-state index contributed by atoms with van der Waals surface area (Å²) in [6.07, 6.45) is -0.236. The molecule has 0 saturated carbocycles. The third-order valence-electron chi connectivity index (χ3n) is 8.42. The van der Waals surface area contributed by atoms with Crippen molar-refractivity contribution in [3.63, 3.8) is 0 Å². The topological polar surface area (TPSA) is 101 Å². The standard InChI is InChI=1S/C38H42FN3O6/c1-25-21-42(26(2)24-43)38(45)31-8-7-10-33(40-36(44)20-27-12-16-29(46-4)17-13-27)37(31)48-35(25)23-41(3)22-28-14-18-30(19-15-28)47-34-11-6-5-9-32(34)39/h5-19,25-26,35,43H,20-24H2,1-4H3,(H,40,44)/t25-,26+,35-/m1/s1. The molecule has 4 aromatic carbocycles. The maximum Gasteiger partial charge on any atom is 0.258 e. The molecule has 0 aromatic heterocycles. The van der Waals surface area contributed by atoms with Gasteiger partial charge in [0.05, 0.1) is 37.4 Å². The number of aliphatic hydroxyl groups excluding tert-OH is 1. The fourth-order valence-electron chi connectivity index (χ4n) is 5.68. The van der Waals surface area contributed by atoms with Crippen LogP contribution in [0.4, 0.5) is 10.1 Å². The third-order valence-corrected chi connectivity index (χ3v) is 8.42. The van der Waals surface area contributed by atoms with E-state index in [-0.39, 0.29) is 42.6 Å². The molecule has 3 atom stereocenters. The zero-order valence-corrected chi connectivity index (χ0v) is 27.7. The number of hydrogen-bond donors (Lipinski definition) is 2. The van der Waals surface area contributed by atoms with Gasteiger partial charge in [0.15, 0.2) is 17.3 Å². The number of anilines is 1. The molecule has 1 aliphatic heterocycles. The number of nitrogens with zero attached hydrogens (tertiary/aromatic N) is 2. The summed E-state index contributed by atoms with van der Waals surface area (Å²) in [5, 5.41) is 13.0. The van der Waals surface area contributed by atoms with E-state index in [0.717, 1.165) is 11.1 Å². The molecule has 0 spiro atoms. The van der Waals surface area contributed by atoms with Crippen molar-refractivity contribution in [2.45, 2.75) is 39.0 Å². The van der Waals surface area contributed by atoms with E-state index in [0.29, 0.717) is 48.1 Å². The minimum Gasteiger partial charge on any atom is -0.497 e. The second kappa shape index (κ2) is 15.8. The summed E-state index contributed by atoms with van der Waals surface area (Å²) >= 11 is 0. The molecular formula is C38H42FN3O6. The van der Waals surface area contributed by atoms with E-state index < -0.39 is 11.9 Å². The van der Waals surface area contributed by atoms with Crippen molar-refractivity contribution in [1.82, 2.24) is 9.80 Å². The van der Waals surface area contributed by atoms with Gasteiger partial charge in [0, 0.05) is 25.6 Å². The first-order valence-electron chi connectivity index (χ1n) is 16.0. The summed E-state index contributed by atoms with van der Waals surface area (Å²) in [4.78, 5) is 30.8. The minimum atomic E-state index is -0.426. The quantitative estimate of drug-likeness (QED) is 0.189. The highest BCUT2D eigenvalue weighted by Crippen LogP contribution is 2.35. The number of carbonyl (C=O) groups excluding carboxylic acids is 2. The minimum absolute atomic E-state index is 0.113. The van der Waals surface area contributed by atoms with Crippen LogP contribution in [-0.4, -0.2) is 72.7 Å². The molecule has 1 heterocycles. The molecule has 2 N–H and O–H groups in total. The van der Waals surface area contributed by atoms with Crippen LogP contribution in [0.2, 0.25) is 0 Å². The Kier molecular flexibility index (Phi) is 11.3. The number of hydrogen-bond acceptors (Lipinski definition) is 7. The van der Waals surface area contributed by atoms with Crippen LogP contribution in [0.1, 0.15) is 35.3 Å². The van der Waals surface area contributed by atoms with Crippen LogP contribution in [0.25, 0.3) is 0 Å². The summed E-state index contributed by atoms with van der Waals surface area (Å²) < 4.78 is 31.6. The van der Waals surface area contributed by atoms with E-state index in [1.54, 1.807) is 60.5 Å². The van der Waals surface area contributed by atoms with Gasteiger partial charge in [-0.25, -0.2) is 4.39 Å². The molecule has 0 unspecified atom stereocenters. The summed E-state index contributed by atoms with van der Waals surface area (Å²) in [5.41, 5.74) is 2.56. The normalized spacial score (nSPS) is 16.7. The van der Waals surface area contributed by atoms with Crippen molar-refractivity contribution in [1.29, 1.82) is 0 Å². The van der Waals surface area contributed by atoms with Crippen molar-refractivity contribution >= 4 is 17.5 Å². The first-order chi connectivity index (χ1) is 23.1. The van der Waals surface area contributed by atoms with E-state index in [4.69, 9.17) is 14.2 Å². The van der Waals surface area contributed by atoms with Gasteiger partial charge in [0.2, 0.25) is 5.91 Å². The molecule has 0 aliphatic carbocycles. The average Bonchev–Trinajstić information content (AvgIpc) is 3.08. The van der Waals surface area contributed by atoms with Crippen molar-refractivity contribution in [3.8, 4) is 23.0 Å². The molecule has 9 nitrogen and oxygen atoms in total. The zero-order chi connectivity index (χ0) is 34.2. The van der Waals surface area contributed by atoms with Gasteiger partial charge in [-0.15, -0.1) is 0 Å². The van der Waals surface area contributed by atoms with Crippen LogP contribution < -0.4 is 19.5 Å². The number of ether oxygens (including phenoxy) is 3. The molecule has 1 aliphatic rings. The number of methoxy groups -OCH3 is 1. The van der Waals surface area contributed by atoms with Crippen molar-refractivity contribution in [3.05, 3.63) is 114 Å².